The normalized spacial score (nSPS) is 18.1. The van der Waals surface area contributed by atoms with Gasteiger partial charge in [0.15, 0.2) is 0 Å². The zero-order chi connectivity index (χ0) is 16.5. The van der Waals surface area contributed by atoms with Gasteiger partial charge in [-0.1, -0.05) is 17.7 Å². The maximum absolute atomic E-state index is 6.54. The van der Waals surface area contributed by atoms with Crippen LogP contribution in [-0.2, 0) is 0 Å². The molecule has 24 heavy (non-hydrogen) atoms. The zero-order valence-corrected chi connectivity index (χ0v) is 14.5. The molecule has 0 bridgehead atoms. The molecule has 0 amide bonds. The molecule has 1 saturated heterocycles. The van der Waals surface area contributed by atoms with E-state index in [1.165, 1.54) is 11.1 Å². The number of pyridine rings is 1. The summed E-state index contributed by atoms with van der Waals surface area (Å²) in [4.78, 5) is 12.5. The Balaban J connectivity index is 1.83. The third-order valence-corrected chi connectivity index (χ3v) is 5.22. The quantitative estimate of drug-likeness (QED) is 0.792. The lowest BCUT2D eigenvalue weighted by Gasteiger charge is -2.38. The summed E-state index contributed by atoms with van der Waals surface area (Å²) in [7, 11) is 2.18. The minimum Gasteiger partial charge on any atom is -0.361 e. The van der Waals surface area contributed by atoms with Crippen molar-refractivity contribution in [1.82, 2.24) is 19.8 Å². The van der Waals surface area contributed by atoms with Gasteiger partial charge in [0.1, 0.15) is 0 Å². The molecule has 1 aromatic carbocycles. The molecule has 5 heteroatoms. The first-order valence-corrected chi connectivity index (χ1v) is 8.70. The fourth-order valence-electron chi connectivity index (χ4n) is 3.59. The molecule has 3 aromatic rings. The summed E-state index contributed by atoms with van der Waals surface area (Å²) in [5, 5.41) is 1.93. The topological polar surface area (TPSA) is 35.2 Å². The Hall–Kier alpha value is -1.88. The summed E-state index contributed by atoms with van der Waals surface area (Å²) in [5.41, 5.74) is 3.59. The molecule has 1 aliphatic heterocycles. The van der Waals surface area contributed by atoms with Gasteiger partial charge in [0.05, 0.1) is 11.1 Å². The van der Waals surface area contributed by atoms with Crippen LogP contribution in [0.2, 0.25) is 5.02 Å². The first-order chi connectivity index (χ1) is 11.7. The second kappa shape index (κ2) is 6.55. The molecular weight excluding hydrogens is 320 g/mol. The number of likely N-dealkylation sites (N-methyl/N-ethyl adjacent to an activating group) is 1. The number of halogens is 1. The second-order valence-electron chi connectivity index (χ2n) is 6.43. The summed E-state index contributed by atoms with van der Waals surface area (Å²) in [5.74, 6) is 0. The maximum Gasteiger partial charge on any atom is 0.0625 e. The lowest BCUT2D eigenvalue weighted by atomic mass is 9.96. The van der Waals surface area contributed by atoms with Crippen molar-refractivity contribution in [2.24, 2.45) is 0 Å². The van der Waals surface area contributed by atoms with Crippen molar-refractivity contribution in [3.8, 4) is 0 Å². The molecule has 1 aliphatic rings. The number of hydrogen-bond donors (Lipinski definition) is 1. The average molecular weight is 341 g/mol. The van der Waals surface area contributed by atoms with E-state index in [9.17, 15) is 0 Å². The molecule has 1 N–H and O–H groups in total. The minimum absolute atomic E-state index is 0.190. The highest BCUT2D eigenvalue weighted by atomic mass is 35.5. The van der Waals surface area contributed by atoms with Crippen LogP contribution in [0.3, 0.4) is 0 Å². The lowest BCUT2D eigenvalue weighted by Crippen LogP contribution is -2.46. The molecule has 0 radical (unpaired) electrons. The molecule has 0 saturated carbocycles. The number of H-pyrrole nitrogens is 1. The molecule has 4 rings (SSSR count). The van der Waals surface area contributed by atoms with E-state index >= 15 is 0 Å². The predicted octanol–water partition coefficient (Wildman–Crippen LogP) is 3.55. The van der Waals surface area contributed by atoms with E-state index < -0.39 is 0 Å². The lowest BCUT2D eigenvalue weighted by molar-refractivity contribution is 0.128. The van der Waals surface area contributed by atoms with Crippen LogP contribution >= 0.6 is 11.6 Å². The monoisotopic (exact) mass is 340 g/mol. The van der Waals surface area contributed by atoms with Crippen LogP contribution in [0.25, 0.3) is 10.9 Å². The van der Waals surface area contributed by atoms with Gasteiger partial charge in [-0.25, -0.2) is 0 Å². The molecule has 2 aromatic heterocycles. The second-order valence-corrected chi connectivity index (χ2v) is 6.84. The Bertz CT molecular complexity index is 822. The van der Waals surface area contributed by atoms with Gasteiger partial charge in [-0.3, -0.25) is 9.88 Å². The number of rotatable bonds is 3. The number of aromatic amines is 1. The van der Waals surface area contributed by atoms with Crippen molar-refractivity contribution in [3.05, 3.63) is 65.1 Å². The number of piperazine rings is 1. The van der Waals surface area contributed by atoms with Crippen LogP contribution in [0.4, 0.5) is 0 Å². The van der Waals surface area contributed by atoms with Crippen molar-refractivity contribution < 1.29 is 0 Å². The Morgan fingerprint density at radius 1 is 1.08 bits per heavy atom. The zero-order valence-electron chi connectivity index (χ0n) is 13.7. The summed E-state index contributed by atoms with van der Waals surface area (Å²) < 4.78 is 0. The van der Waals surface area contributed by atoms with E-state index in [1.807, 2.05) is 24.5 Å². The summed E-state index contributed by atoms with van der Waals surface area (Å²) in [6.45, 7) is 4.25. The van der Waals surface area contributed by atoms with Crippen LogP contribution in [0, 0.1) is 0 Å². The summed E-state index contributed by atoms with van der Waals surface area (Å²) >= 11 is 6.54. The highest BCUT2D eigenvalue weighted by Gasteiger charge is 2.28. The van der Waals surface area contributed by atoms with Gasteiger partial charge in [0.2, 0.25) is 0 Å². The smallest absolute Gasteiger partial charge is 0.0625 e. The van der Waals surface area contributed by atoms with Crippen LogP contribution in [0.15, 0.2) is 48.9 Å². The largest absolute Gasteiger partial charge is 0.361 e. The van der Waals surface area contributed by atoms with E-state index in [1.54, 1.807) is 0 Å². The number of fused-ring (bicyclic) bond motifs is 1. The van der Waals surface area contributed by atoms with Gasteiger partial charge in [-0.2, -0.15) is 0 Å². The molecule has 3 heterocycles. The van der Waals surface area contributed by atoms with Crippen molar-refractivity contribution in [2.45, 2.75) is 6.04 Å². The SMILES string of the molecule is CN1CCN(C(c2ccncc2)c2c[nH]c3cccc(Cl)c23)CC1. The van der Waals surface area contributed by atoms with Crippen molar-refractivity contribution in [2.75, 3.05) is 33.2 Å². The molecule has 124 valence electrons. The van der Waals surface area contributed by atoms with Crippen LogP contribution in [0.1, 0.15) is 17.2 Å². The maximum atomic E-state index is 6.54. The van der Waals surface area contributed by atoms with Crippen molar-refractivity contribution >= 4 is 22.5 Å². The van der Waals surface area contributed by atoms with Crippen molar-refractivity contribution in [1.29, 1.82) is 0 Å². The van der Waals surface area contributed by atoms with E-state index in [2.05, 4.69) is 51.2 Å². The van der Waals surface area contributed by atoms with Crippen molar-refractivity contribution in [3.63, 3.8) is 0 Å². The number of nitrogens with zero attached hydrogens (tertiary/aromatic N) is 3. The molecular formula is C19H21ClN4. The fourth-order valence-corrected chi connectivity index (χ4v) is 3.88. The average Bonchev–Trinajstić information content (AvgIpc) is 3.03. The highest BCUT2D eigenvalue weighted by molar-refractivity contribution is 6.35. The third-order valence-electron chi connectivity index (χ3n) is 4.90. The van der Waals surface area contributed by atoms with Gasteiger partial charge in [-0.05, 0) is 36.9 Å². The number of hydrogen-bond acceptors (Lipinski definition) is 3. The first kappa shape index (κ1) is 15.6. The summed E-state index contributed by atoms with van der Waals surface area (Å²) in [6.07, 6.45) is 5.85. The molecule has 4 nitrogen and oxygen atoms in total. The van der Waals surface area contributed by atoms with E-state index in [0.29, 0.717) is 0 Å². The van der Waals surface area contributed by atoms with Gasteiger partial charge >= 0.3 is 0 Å². The Labute approximate surface area is 147 Å². The number of aromatic nitrogens is 2. The standard InChI is InChI=1S/C19H21ClN4/c1-23-9-11-24(12-10-23)19(14-5-7-21-8-6-14)15-13-22-17-4-2-3-16(20)18(15)17/h2-8,13,19,22H,9-12H2,1H3. The molecule has 1 atom stereocenters. The number of benzene rings is 1. The molecule has 1 unspecified atom stereocenters. The number of nitrogens with one attached hydrogen (secondary N) is 1. The highest BCUT2D eigenvalue weighted by Crippen LogP contribution is 2.37. The first-order valence-electron chi connectivity index (χ1n) is 8.32. The fraction of sp³-hybridized carbons (Fsp3) is 0.316. The molecule has 0 aliphatic carbocycles. The Morgan fingerprint density at radius 2 is 1.83 bits per heavy atom. The molecule has 0 spiro atoms. The van der Waals surface area contributed by atoms with Gasteiger partial charge in [0, 0.05) is 61.2 Å². The van der Waals surface area contributed by atoms with E-state index in [4.69, 9.17) is 11.6 Å². The molecule has 1 fully saturated rings. The Morgan fingerprint density at radius 3 is 2.58 bits per heavy atom. The van der Waals surface area contributed by atoms with Gasteiger partial charge in [0.25, 0.3) is 0 Å². The van der Waals surface area contributed by atoms with Crippen LogP contribution in [-0.4, -0.2) is 53.0 Å². The minimum atomic E-state index is 0.190. The predicted molar refractivity (Wildman–Crippen MR) is 98.5 cm³/mol. The van der Waals surface area contributed by atoms with E-state index in [-0.39, 0.29) is 6.04 Å². The summed E-state index contributed by atoms with van der Waals surface area (Å²) in [6, 6.07) is 10.4. The van der Waals surface area contributed by atoms with Gasteiger partial charge < -0.3 is 9.88 Å². The van der Waals surface area contributed by atoms with Crippen LogP contribution < -0.4 is 0 Å². The third kappa shape index (κ3) is 2.81. The van der Waals surface area contributed by atoms with Crippen LogP contribution in [0.5, 0.6) is 0 Å². The Kier molecular flexibility index (Phi) is 4.27. The van der Waals surface area contributed by atoms with E-state index in [0.717, 1.165) is 42.1 Å². The van der Waals surface area contributed by atoms with Gasteiger partial charge in [-0.15, -0.1) is 0 Å².